The van der Waals surface area contributed by atoms with Crippen molar-refractivity contribution in [3.63, 3.8) is 0 Å². The van der Waals surface area contributed by atoms with E-state index >= 15 is 0 Å². The van der Waals surface area contributed by atoms with E-state index in [1.54, 1.807) is 0 Å². The minimum absolute atomic E-state index is 0.593. The summed E-state index contributed by atoms with van der Waals surface area (Å²) in [5.41, 5.74) is 0.947. The third kappa shape index (κ3) is 1.46. The molecular formula is C11H14N4. The highest BCUT2D eigenvalue weighted by atomic mass is 15.1. The van der Waals surface area contributed by atoms with Crippen LogP contribution in [-0.2, 0) is 0 Å². The maximum atomic E-state index is 4.58. The maximum absolute atomic E-state index is 4.58. The lowest BCUT2D eigenvalue weighted by Crippen LogP contribution is -2.03. The SMILES string of the molecule is CCNc1nc(C2CC2)nc2[nH]ccc12. The van der Waals surface area contributed by atoms with E-state index in [1.165, 1.54) is 12.8 Å². The van der Waals surface area contributed by atoms with Gasteiger partial charge in [0.15, 0.2) is 0 Å². The molecule has 1 saturated carbocycles. The van der Waals surface area contributed by atoms with Crippen LogP contribution in [0.3, 0.4) is 0 Å². The van der Waals surface area contributed by atoms with Gasteiger partial charge in [-0.2, -0.15) is 0 Å². The number of rotatable bonds is 3. The lowest BCUT2D eigenvalue weighted by Gasteiger charge is -2.05. The van der Waals surface area contributed by atoms with Gasteiger partial charge in [0.25, 0.3) is 0 Å². The molecule has 2 heterocycles. The second-order valence-corrected chi connectivity index (χ2v) is 3.97. The predicted octanol–water partition coefficient (Wildman–Crippen LogP) is 2.27. The zero-order chi connectivity index (χ0) is 10.3. The zero-order valence-electron chi connectivity index (χ0n) is 8.75. The van der Waals surface area contributed by atoms with Crippen molar-refractivity contribution in [1.29, 1.82) is 0 Å². The lowest BCUT2D eigenvalue weighted by molar-refractivity contribution is 0.940. The van der Waals surface area contributed by atoms with Gasteiger partial charge in [-0.05, 0) is 25.8 Å². The molecule has 78 valence electrons. The number of H-pyrrole nitrogens is 1. The summed E-state index contributed by atoms with van der Waals surface area (Å²) in [6, 6.07) is 2.02. The predicted molar refractivity (Wildman–Crippen MR) is 60.0 cm³/mol. The van der Waals surface area contributed by atoms with Crippen LogP contribution in [0.25, 0.3) is 11.0 Å². The Balaban J connectivity index is 2.14. The second-order valence-electron chi connectivity index (χ2n) is 3.97. The molecule has 4 heteroatoms. The molecule has 1 fully saturated rings. The Hall–Kier alpha value is -1.58. The monoisotopic (exact) mass is 202 g/mol. The van der Waals surface area contributed by atoms with E-state index in [0.29, 0.717) is 5.92 Å². The summed E-state index contributed by atoms with van der Waals surface area (Å²) in [5.74, 6) is 2.54. The molecule has 0 aliphatic heterocycles. The van der Waals surface area contributed by atoms with E-state index in [9.17, 15) is 0 Å². The van der Waals surface area contributed by atoms with Gasteiger partial charge in [-0.15, -0.1) is 0 Å². The molecule has 0 aromatic carbocycles. The van der Waals surface area contributed by atoms with E-state index in [2.05, 4.69) is 27.2 Å². The molecule has 0 atom stereocenters. The summed E-state index contributed by atoms with van der Waals surface area (Å²) < 4.78 is 0. The quantitative estimate of drug-likeness (QED) is 0.802. The highest BCUT2D eigenvalue weighted by Crippen LogP contribution is 2.39. The molecule has 2 N–H and O–H groups in total. The number of fused-ring (bicyclic) bond motifs is 1. The van der Waals surface area contributed by atoms with Crippen molar-refractivity contribution in [2.45, 2.75) is 25.7 Å². The van der Waals surface area contributed by atoms with Gasteiger partial charge in [0.05, 0.1) is 5.39 Å². The number of nitrogens with zero attached hydrogens (tertiary/aromatic N) is 2. The Morgan fingerprint density at radius 1 is 1.47 bits per heavy atom. The third-order valence-corrected chi connectivity index (χ3v) is 2.72. The van der Waals surface area contributed by atoms with Crippen LogP contribution in [0.15, 0.2) is 12.3 Å². The van der Waals surface area contributed by atoms with Crippen LogP contribution in [0.5, 0.6) is 0 Å². The van der Waals surface area contributed by atoms with E-state index in [4.69, 9.17) is 0 Å². The van der Waals surface area contributed by atoms with Crippen LogP contribution >= 0.6 is 0 Å². The van der Waals surface area contributed by atoms with Crippen molar-refractivity contribution in [3.05, 3.63) is 18.1 Å². The molecule has 15 heavy (non-hydrogen) atoms. The van der Waals surface area contributed by atoms with Gasteiger partial charge in [-0.25, -0.2) is 9.97 Å². The Morgan fingerprint density at radius 2 is 2.33 bits per heavy atom. The lowest BCUT2D eigenvalue weighted by atomic mass is 10.3. The van der Waals surface area contributed by atoms with Crippen molar-refractivity contribution in [2.24, 2.45) is 0 Å². The summed E-state index contributed by atoms with van der Waals surface area (Å²) in [7, 11) is 0. The minimum atomic E-state index is 0.593. The number of aromatic nitrogens is 3. The normalized spacial score (nSPS) is 15.8. The molecule has 0 unspecified atom stereocenters. The van der Waals surface area contributed by atoms with Crippen LogP contribution in [-0.4, -0.2) is 21.5 Å². The molecule has 1 aliphatic carbocycles. The Morgan fingerprint density at radius 3 is 3.07 bits per heavy atom. The van der Waals surface area contributed by atoms with E-state index < -0.39 is 0 Å². The molecule has 2 aromatic rings. The van der Waals surface area contributed by atoms with Gasteiger partial charge in [0, 0.05) is 18.7 Å². The summed E-state index contributed by atoms with van der Waals surface area (Å²) in [6.07, 6.45) is 4.38. The fourth-order valence-corrected chi connectivity index (χ4v) is 1.78. The number of hydrogen-bond donors (Lipinski definition) is 2. The first-order valence-electron chi connectivity index (χ1n) is 5.47. The van der Waals surface area contributed by atoms with Crippen LogP contribution in [0, 0.1) is 0 Å². The Kier molecular flexibility index (Phi) is 1.87. The number of anilines is 1. The van der Waals surface area contributed by atoms with Crippen molar-refractivity contribution in [3.8, 4) is 0 Å². The minimum Gasteiger partial charge on any atom is -0.370 e. The molecule has 0 radical (unpaired) electrons. The van der Waals surface area contributed by atoms with Gasteiger partial charge in [0.1, 0.15) is 17.3 Å². The first-order valence-corrected chi connectivity index (χ1v) is 5.47. The Bertz CT molecular complexity index is 484. The largest absolute Gasteiger partial charge is 0.370 e. The molecule has 0 bridgehead atoms. The standard InChI is InChI=1S/C11H14N4/c1-2-12-10-8-5-6-13-11(8)15-9(14-10)7-3-4-7/h5-7H,2-4H2,1H3,(H2,12,13,14,15). The van der Waals surface area contributed by atoms with Gasteiger partial charge in [-0.3, -0.25) is 0 Å². The summed E-state index contributed by atoms with van der Waals surface area (Å²) in [6.45, 7) is 2.97. The second kappa shape index (κ2) is 3.22. The molecule has 0 spiro atoms. The van der Waals surface area contributed by atoms with Gasteiger partial charge in [-0.1, -0.05) is 0 Å². The molecule has 2 aromatic heterocycles. The van der Waals surface area contributed by atoms with Crippen molar-refractivity contribution in [2.75, 3.05) is 11.9 Å². The molecule has 1 aliphatic rings. The third-order valence-electron chi connectivity index (χ3n) is 2.72. The molecule has 4 nitrogen and oxygen atoms in total. The Labute approximate surface area is 88.1 Å². The number of nitrogens with one attached hydrogen (secondary N) is 2. The fraction of sp³-hybridized carbons (Fsp3) is 0.455. The summed E-state index contributed by atoms with van der Waals surface area (Å²) in [4.78, 5) is 12.3. The van der Waals surface area contributed by atoms with E-state index in [1.807, 2.05) is 12.3 Å². The highest BCUT2D eigenvalue weighted by molar-refractivity contribution is 5.87. The first-order chi connectivity index (χ1) is 7.38. The van der Waals surface area contributed by atoms with Gasteiger partial charge in [0.2, 0.25) is 0 Å². The van der Waals surface area contributed by atoms with Crippen molar-refractivity contribution < 1.29 is 0 Å². The fourth-order valence-electron chi connectivity index (χ4n) is 1.78. The van der Waals surface area contributed by atoms with Crippen LogP contribution < -0.4 is 5.32 Å². The van der Waals surface area contributed by atoms with Crippen molar-refractivity contribution in [1.82, 2.24) is 15.0 Å². The summed E-state index contributed by atoms with van der Waals surface area (Å²) in [5, 5.41) is 4.37. The van der Waals surface area contributed by atoms with Crippen molar-refractivity contribution >= 4 is 16.9 Å². The molecule has 0 saturated heterocycles. The highest BCUT2D eigenvalue weighted by Gasteiger charge is 2.27. The topological polar surface area (TPSA) is 53.6 Å². The number of hydrogen-bond acceptors (Lipinski definition) is 3. The molecule has 3 rings (SSSR count). The molecular weight excluding hydrogens is 188 g/mol. The first kappa shape index (κ1) is 8.71. The van der Waals surface area contributed by atoms with Gasteiger partial charge < -0.3 is 10.3 Å². The van der Waals surface area contributed by atoms with Crippen LogP contribution in [0.2, 0.25) is 0 Å². The average molecular weight is 202 g/mol. The smallest absolute Gasteiger partial charge is 0.143 e. The molecule has 0 amide bonds. The maximum Gasteiger partial charge on any atom is 0.143 e. The average Bonchev–Trinajstić information content (AvgIpc) is 2.98. The zero-order valence-corrected chi connectivity index (χ0v) is 8.75. The number of aromatic amines is 1. The van der Waals surface area contributed by atoms with Gasteiger partial charge >= 0.3 is 0 Å². The van der Waals surface area contributed by atoms with Crippen LogP contribution in [0.1, 0.15) is 31.5 Å². The van der Waals surface area contributed by atoms with E-state index in [0.717, 1.165) is 29.2 Å². The van der Waals surface area contributed by atoms with Crippen LogP contribution in [0.4, 0.5) is 5.82 Å². The van der Waals surface area contributed by atoms with E-state index in [-0.39, 0.29) is 0 Å². The summed E-state index contributed by atoms with van der Waals surface area (Å²) >= 11 is 0.